The second-order valence-corrected chi connectivity index (χ2v) is 36.9. The Kier molecular flexibility index (Phi) is 9.28. The monoisotopic (exact) mass is 714 g/mol. The number of hydrogen-bond acceptors (Lipinski definition) is 9. The normalized spacial score (nSPS) is 44.2. The summed E-state index contributed by atoms with van der Waals surface area (Å²) in [4.78, 5) is 27.7. The van der Waals surface area contributed by atoms with Crippen LogP contribution in [-0.2, 0) is 41.5 Å². The molecule has 2 heterocycles. The highest BCUT2D eigenvalue weighted by molar-refractivity contribution is 6.71. The maximum absolute atomic E-state index is 14.1. The minimum absolute atomic E-state index is 0.0741. The fraction of sp³-hybridized carbons (Fsp3) is 0.939. The number of ether oxygens (including phenoxy) is 3. The van der Waals surface area contributed by atoms with Crippen LogP contribution in [0, 0.1) is 34.5 Å². The summed E-state index contributed by atoms with van der Waals surface area (Å²) in [6.07, 6.45) is -0.0796. The van der Waals surface area contributed by atoms with Crippen molar-refractivity contribution in [3.63, 3.8) is 0 Å². The van der Waals surface area contributed by atoms with Crippen LogP contribution < -0.4 is 0 Å². The number of carbonyl (C=O) groups is 2. The molecule has 0 amide bonds. The fourth-order valence-electron chi connectivity index (χ4n) is 10.4. The molecule has 0 N–H and O–H groups in total. The van der Waals surface area contributed by atoms with Crippen molar-refractivity contribution >= 4 is 45.2 Å². The highest BCUT2D eigenvalue weighted by Gasteiger charge is 2.85. The molecule has 0 aromatic carbocycles. The summed E-state index contributed by atoms with van der Waals surface area (Å²) in [5, 5.41) is 0. The van der Waals surface area contributed by atoms with E-state index in [1.165, 1.54) is 7.11 Å². The number of esters is 2. The standard InChI is InChI=1S/C33H62O9Si4/c1-20-21(39-43(4,5)6)16-17-31(2)24(20)25(40-44(7,8)9)28(42-46(13,14)15)32-19-37-33(30(35)36-3)22(32)18-23(34)38-29(33)26(27(31)32)41-45(10,11)12/h20-22,24-29H,16-19H2,1-15H3/t20-,21+,22-,24-,25-,26-,27-,28-,29+,31+,32+,33+/m1/s1. The van der Waals surface area contributed by atoms with Gasteiger partial charge in [0.05, 0.1) is 38.4 Å². The second kappa shape index (κ2) is 11.6. The van der Waals surface area contributed by atoms with Crippen LogP contribution in [0.3, 0.4) is 0 Å². The highest BCUT2D eigenvalue weighted by Crippen LogP contribution is 2.74. The van der Waals surface area contributed by atoms with E-state index in [0.717, 1.165) is 12.8 Å². The van der Waals surface area contributed by atoms with Crippen molar-refractivity contribution in [2.24, 2.45) is 34.5 Å². The van der Waals surface area contributed by atoms with Crippen molar-refractivity contribution in [2.75, 3.05) is 13.7 Å². The predicted molar refractivity (Wildman–Crippen MR) is 187 cm³/mol. The largest absolute Gasteiger partial charge is 0.467 e. The van der Waals surface area contributed by atoms with Crippen LogP contribution in [-0.4, -0.2) is 95.0 Å². The third-order valence-corrected chi connectivity index (χ3v) is 15.2. The Morgan fingerprint density at radius 1 is 0.826 bits per heavy atom. The molecule has 264 valence electrons. The molecule has 9 nitrogen and oxygen atoms in total. The lowest BCUT2D eigenvalue weighted by atomic mass is 9.37. The Balaban J connectivity index is 1.83. The predicted octanol–water partition coefficient (Wildman–Crippen LogP) is 6.42. The van der Waals surface area contributed by atoms with Crippen molar-refractivity contribution in [3.8, 4) is 0 Å². The van der Waals surface area contributed by atoms with Crippen LogP contribution in [0.1, 0.15) is 33.1 Å². The van der Waals surface area contributed by atoms with Gasteiger partial charge in [0.1, 0.15) is 0 Å². The molecule has 0 aromatic heterocycles. The lowest BCUT2D eigenvalue weighted by molar-refractivity contribution is -0.300. The molecule has 0 aromatic rings. The van der Waals surface area contributed by atoms with E-state index in [1.54, 1.807) is 0 Å². The van der Waals surface area contributed by atoms with Gasteiger partial charge < -0.3 is 31.9 Å². The second-order valence-electron chi connectivity index (χ2n) is 19.1. The fourth-order valence-corrected chi connectivity index (χ4v) is 15.0. The Labute approximate surface area is 282 Å². The topological polar surface area (TPSA) is 98.8 Å². The zero-order valence-electron chi connectivity index (χ0n) is 31.2. The molecule has 5 rings (SSSR count). The maximum atomic E-state index is 14.1. The molecule has 46 heavy (non-hydrogen) atoms. The van der Waals surface area contributed by atoms with Gasteiger partial charge in [-0.05, 0) is 109 Å². The van der Waals surface area contributed by atoms with Gasteiger partial charge in [0.2, 0.25) is 5.60 Å². The van der Waals surface area contributed by atoms with Gasteiger partial charge in [0, 0.05) is 23.4 Å². The molecule has 0 radical (unpaired) electrons. The molecule has 2 aliphatic heterocycles. The molecular formula is C33H62O9Si4. The van der Waals surface area contributed by atoms with Crippen LogP contribution in [0.5, 0.6) is 0 Å². The zero-order valence-corrected chi connectivity index (χ0v) is 35.2. The highest BCUT2D eigenvalue weighted by atomic mass is 28.4. The van der Waals surface area contributed by atoms with E-state index < -0.39 is 74.5 Å². The van der Waals surface area contributed by atoms with Gasteiger partial charge in [-0.3, -0.25) is 4.79 Å². The molecule has 12 atom stereocenters. The molecule has 2 saturated heterocycles. The average molecular weight is 715 g/mol. The Morgan fingerprint density at radius 2 is 1.37 bits per heavy atom. The van der Waals surface area contributed by atoms with Crippen molar-refractivity contribution in [1.82, 2.24) is 0 Å². The lowest BCUT2D eigenvalue weighted by Crippen LogP contribution is -2.81. The first-order valence-electron chi connectivity index (χ1n) is 17.4. The molecule has 1 spiro atoms. The van der Waals surface area contributed by atoms with Crippen molar-refractivity contribution in [1.29, 1.82) is 0 Å². The SMILES string of the molecule is COC(=O)[C@@]12OC[C@@]34[C@H](O[Si](C)(C)C)[C@H](O[Si](C)(C)C)[C@H]5[C@H](C)[C@@H](O[Si](C)(C)C)CC[C@]5(C)[C@H]3[C@@H](O[Si](C)(C)C)[C@@H]1OC(=O)C[C@@H]24. The maximum Gasteiger partial charge on any atom is 0.342 e. The summed E-state index contributed by atoms with van der Waals surface area (Å²) in [5.41, 5.74) is -2.47. The number of carbonyl (C=O) groups excluding carboxylic acids is 2. The number of methoxy groups -OCH3 is 1. The number of rotatable bonds is 9. The third-order valence-electron chi connectivity index (χ3n) is 11.2. The van der Waals surface area contributed by atoms with Gasteiger partial charge in [-0.1, -0.05) is 13.8 Å². The summed E-state index contributed by atoms with van der Waals surface area (Å²) in [6, 6.07) is 0. The lowest BCUT2D eigenvalue weighted by Gasteiger charge is -2.72. The van der Waals surface area contributed by atoms with E-state index >= 15 is 0 Å². The number of hydrogen-bond donors (Lipinski definition) is 0. The van der Waals surface area contributed by atoms with Gasteiger partial charge in [-0.15, -0.1) is 0 Å². The Morgan fingerprint density at radius 3 is 1.89 bits per heavy atom. The Hall–Kier alpha value is -0.392. The molecule has 3 aliphatic carbocycles. The number of fused-ring (bicyclic) bond motifs is 2. The van der Waals surface area contributed by atoms with Crippen LogP contribution in [0.4, 0.5) is 0 Å². The molecule has 5 fully saturated rings. The van der Waals surface area contributed by atoms with Crippen molar-refractivity contribution in [3.05, 3.63) is 0 Å². The van der Waals surface area contributed by atoms with Crippen LogP contribution in [0.2, 0.25) is 78.6 Å². The van der Waals surface area contributed by atoms with Gasteiger partial charge in [-0.2, -0.15) is 0 Å². The summed E-state index contributed by atoms with van der Waals surface area (Å²) >= 11 is 0. The van der Waals surface area contributed by atoms with E-state index in [9.17, 15) is 9.59 Å². The van der Waals surface area contributed by atoms with E-state index in [1.807, 2.05) is 0 Å². The van der Waals surface area contributed by atoms with E-state index in [2.05, 4.69) is 92.4 Å². The first kappa shape index (κ1) is 36.9. The Bertz CT molecular complexity index is 1210. The van der Waals surface area contributed by atoms with Crippen LogP contribution >= 0.6 is 0 Å². The van der Waals surface area contributed by atoms with Gasteiger partial charge >= 0.3 is 11.9 Å². The molecule has 5 aliphatic rings. The molecular weight excluding hydrogens is 653 g/mol. The third kappa shape index (κ3) is 6.03. The van der Waals surface area contributed by atoms with Crippen LogP contribution in [0.15, 0.2) is 0 Å². The molecule has 4 bridgehead atoms. The zero-order chi connectivity index (χ0) is 34.6. The average Bonchev–Trinajstić information content (AvgIpc) is 3.13. The van der Waals surface area contributed by atoms with E-state index in [4.69, 9.17) is 31.9 Å². The van der Waals surface area contributed by atoms with Gasteiger partial charge in [-0.25, -0.2) is 4.79 Å². The van der Waals surface area contributed by atoms with E-state index in [0.29, 0.717) is 0 Å². The minimum atomic E-state index is -2.26. The molecule has 3 saturated carbocycles. The van der Waals surface area contributed by atoms with Crippen molar-refractivity contribution in [2.45, 2.75) is 148 Å². The minimum Gasteiger partial charge on any atom is -0.467 e. The van der Waals surface area contributed by atoms with Crippen LogP contribution in [0.25, 0.3) is 0 Å². The van der Waals surface area contributed by atoms with Crippen molar-refractivity contribution < 1.29 is 41.5 Å². The molecule has 0 unspecified atom stereocenters. The van der Waals surface area contributed by atoms with E-state index in [-0.39, 0.29) is 54.4 Å². The summed E-state index contributed by atoms with van der Waals surface area (Å²) in [6.45, 7) is 31.8. The summed E-state index contributed by atoms with van der Waals surface area (Å²) in [7, 11) is -7.09. The molecule has 13 heteroatoms. The smallest absolute Gasteiger partial charge is 0.342 e. The first-order chi connectivity index (χ1) is 20.8. The van der Waals surface area contributed by atoms with Gasteiger partial charge in [0.25, 0.3) is 0 Å². The summed E-state index contributed by atoms with van der Waals surface area (Å²) < 4.78 is 47.6. The van der Waals surface area contributed by atoms with Gasteiger partial charge in [0.15, 0.2) is 39.4 Å². The first-order valence-corrected chi connectivity index (χ1v) is 31.1. The summed E-state index contributed by atoms with van der Waals surface area (Å²) in [5.74, 6) is -1.09. The quantitative estimate of drug-likeness (QED) is 0.198.